The highest BCUT2D eigenvalue weighted by Gasteiger charge is 2.42. The molecule has 0 saturated heterocycles. The quantitative estimate of drug-likeness (QED) is 0.599. The van der Waals surface area contributed by atoms with Crippen molar-refractivity contribution >= 4 is 40.3 Å². The maximum Gasteiger partial charge on any atom is 0.260 e. The lowest BCUT2D eigenvalue weighted by Crippen LogP contribution is -2.42. The molecular weight excluding hydrogens is 459 g/mol. The Kier molecular flexibility index (Phi) is 4.70. The summed E-state index contributed by atoms with van der Waals surface area (Å²) in [5.74, 6) is -1.01. The minimum absolute atomic E-state index is 0.117. The molecule has 1 fully saturated rings. The van der Waals surface area contributed by atoms with E-state index in [2.05, 4.69) is 9.98 Å². The maximum atomic E-state index is 14.1. The Bertz CT molecular complexity index is 1470. The van der Waals surface area contributed by atoms with Crippen molar-refractivity contribution in [2.45, 2.75) is 31.6 Å². The highest BCUT2D eigenvalue weighted by Crippen LogP contribution is 2.37. The zero-order chi connectivity index (χ0) is 23.6. The first-order chi connectivity index (χ1) is 16.4. The molecule has 3 aromatic rings. The molecule has 172 valence electrons. The fourth-order valence-corrected chi connectivity index (χ4v) is 5.04. The first-order valence-corrected chi connectivity index (χ1v) is 11.3. The number of nitrogens with zero attached hydrogens (tertiary/aromatic N) is 5. The summed E-state index contributed by atoms with van der Waals surface area (Å²) in [5, 5.41) is 18.1. The second-order valence-electron chi connectivity index (χ2n) is 8.74. The van der Waals surface area contributed by atoms with Crippen molar-refractivity contribution in [3.05, 3.63) is 74.9 Å². The van der Waals surface area contributed by atoms with Gasteiger partial charge in [-0.1, -0.05) is 23.7 Å². The van der Waals surface area contributed by atoms with Gasteiger partial charge in [0.1, 0.15) is 29.7 Å². The van der Waals surface area contributed by atoms with Crippen molar-refractivity contribution in [2.24, 2.45) is 26.7 Å². The molecule has 34 heavy (non-hydrogen) atoms. The third kappa shape index (κ3) is 3.35. The molecule has 3 aliphatic rings. The van der Waals surface area contributed by atoms with Gasteiger partial charge in [0.2, 0.25) is 0 Å². The molecule has 2 unspecified atom stereocenters. The van der Waals surface area contributed by atoms with Crippen molar-refractivity contribution in [3.63, 3.8) is 0 Å². The van der Waals surface area contributed by atoms with E-state index in [1.807, 2.05) is 18.2 Å². The first-order valence-electron chi connectivity index (χ1n) is 10.9. The minimum atomic E-state index is -0.587. The van der Waals surface area contributed by atoms with Gasteiger partial charge in [0.25, 0.3) is 5.56 Å². The molecule has 1 saturated carbocycles. The van der Waals surface area contributed by atoms with E-state index in [1.54, 1.807) is 15.6 Å². The Morgan fingerprint density at radius 3 is 2.79 bits per heavy atom. The van der Waals surface area contributed by atoms with Gasteiger partial charge in [0.05, 0.1) is 22.7 Å². The number of amidine groups is 1. The van der Waals surface area contributed by atoms with Crippen LogP contribution in [0.4, 0.5) is 4.39 Å². The summed E-state index contributed by atoms with van der Waals surface area (Å²) in [7, 11) is 0. The summed E-state index contributed by atoms with van der Waals surface area (Å²) in [5.41, 5.74) is 7.73. The van der Waals surface area contributed by atoms with Crippen LogP contribution in [0.25, 0.3) is 10.8 Å². The molecule has 1 aliphatic carbocycles. The van der Waals surface area contributed by atoms with E-state index < -0.39 is 17.9 Å². The monoisotopic (exact) mass is 478 g/mol. The van der Waals surface area contributed by atoms with Crippen molar-refractivity contribution in [3.8, 4) is 5.75 Å². The zero-order valence-electron chi connectivity index (χ0n) is 17.9. The number of aromatic nitrogens is 1. The normalized spacial score (nSPS) is 21.5. The fraction of sp³-hybridized carbons (Fsp3) is 0.250. The van der Waals surface area contributed by atoms with E-state index in [-0.39, 0.29) is 23.9 Å². The van der Waals surface area contributed by atoms with Crippen LogP contribution in [0, 0.1) is 11.7 Å². The van der Waals surface area contributed by atoms with E-state index in [4.69, 9.17) is 22.4 Å². The predicted octanol–water partition coefficient (Wildman–Crippen LogP) is 3.40. The van der Waals surface area contributed by atoms with E-state index in [0.29, 0.717) is 27.5 Å². The van der Waals surface area contributed by atoms with Crippen LogP contribution in [0.5, 0.6) is 5.75 Å². The summed E-state index contributed by atoms with van der Waals surface area (Å²) in [4.78, 5) is 22.0. The Hall–Kier alpha value is -3.72. The molecule has 0 amide bonds. The highest BCUT2D eigenvalue weighted by molar-refractivity contribution is 6.35. The summed E-state index contributed by atoms with van der Waals surface area (Å²) in [6.45, 7) is 0.283. The molecule has 3 N–H and O–H groups in total. The largest absolute Gasteiger partial charge is 0.508 e. The molecule has 0 spiro atoms. The number of pyridine rings is 1. The number of rotatable bonds is 4. The smallest absolute Gasteiger partial charge is 0.260 e. The molecular formula is C24H20ClFN6O2. The van der Waals surface area contributed by atoms with Crippen LogP contribution in [-0.4, -0.2) is 38.7 Å². The Balaban J connectivity index is 1.47. The number of phenolic OH excluding ortho intramolecular Hbond substituents is 1. The second kappa shape index (κ2) is 7.66. The van der Waals surface area contributed by atoms with Crippen LogP contribution in [0.1, 0.15) is 30.1 Å². The first kappa shape index (κ1) is 20.9. The Morgan fingerprint density at radius 2 is 2.03 bits per heavy atom. The number of hydrogen-bond acceptors (Lipinski definition) is 7. The second-order valence-corrected chi connectivity index (χ2v) is 9.14. The van der Waals surface area contributed by atoms with Gasteiger partial charge in [-0.05, 0) is 42.5 Å². The summed E-state index contributed by atoms with van der Waals surface area (Å²) in [6, 6.07) is 11.2. The number of nitrogens with two attached hydrogens (primary N) is 1. The molecule has 0 bridgehead atoms. The number of aromatic hydroxyl groups is 1. The number of hydrogen-bond donors (Lipinski definition) is 2. The van der Waals surface area contributed by atoms with Crippen molar-refractivity contribution in [1.82, 2.24) is 9.58 Å². The Morgan fingerprint density at radius 1 is 1.21 bits per heavy atom. The van der Waals surface area contributed by atoms with Crippen LogP contribution in [-0.2, 0) is 6.54 Å². The molecule has 8 nitrogen and oxygen atoms in total. The summed E-state index contributed by atoms with van der Waals surface area (Å²) >= 11 is 6.36. The van der Waals surface area contributed by atoms with Gasteiger partial charge >= 0.3 is 0 Å². The molecule has 2 aliphatic heterocycles. The van der Waals surface area contributed by atoms with Gasteiger partial charge in [0, 0.05) is 23.4 Å². The van der Waals surface area contributed by atoms with Gasteiger partial charge in [-0.25, -0.2) is 14.4 Å². The zero-order valence-corrected chi connectivity index (χ0v) is 18.7. The number of hydrazone groups is 1. The van der Waals surface area contributed by atoms with Crippen molar-refractivity contribution in [1.29, 1.82) is 0 Å². The molecule has 3 heterocycles. The van der Waals surface area contributed by atoms with Crippen LogP contribution < -0.4 is 11.3 Å². The molecule has 0 radical (unpaired) electrons. The number of fused-ring (bicyclic) bond motifs is 2. The van der Waals surface area contributed by atoms with Gasteiger partial charge in [-0.2, -0.15) is 5.10 Å². The Labute approximate surface area is 198 Å². The average molecular weight is 479 g/mol. The van der Waals surface area contributed by atoms with E-state index in [0.717, 1.165) is 30.0 Å². The minimum Gasteiger partial charge on any atom is -0.508 e. The van der Waals surface area contributed by atoms with Crippen molar-refractivity contribution < 1.29 is 9.50 Å². The van der Waals surface area contributed by atoms with Crippen molar-refractivity contribution in [2.75, 3.05) is 0 Å². The molecule has 6 rings (SSSR count). The molecule has 10 heteroatoms. The number of aliphatic imine (C=N–C) groups is 2. The van der Waals surface area contributed by atoms with Crippen LogP contribution in [0.3, 0.4) is 0 Å². The topological polar surface area (TPSA) is 109 Å². The van der Waals surface area contributed by atoms with Crippen LogP contribution in [0.2, 0.25) is 5.02 Å². The highest BCUT2D eigenvalue weighted by atomic mass is 35.5. The summed E-state index contributed by atoms with van der Waals surface area (Å²) in [6.07, 6.45) is 2.72. The molecule has 2 aromatic carbocycles. The number of halogens is 2. The lowest BCUT2D eigenvalue weighted by Gasteiger charge is -2.27. The van der Waals surface area contributed by atoms with Crippen LogP contribution in [0.15, 0.2) is 62.3 Å². The lowest BCUT2D eigenvalue weighted by molar-refractivity contribution is 0.208. The number of benzene rings is 2. The van der Waals surface area contributed by atoms with E-state index in [9.17, 15) is 14.3 Å². The average Bonchev–Trinajstić information content (AvgIpc) is 3.54. The van der Waals surface area contributed by atoms with Gasteiger partial charge in [0.15, 0.2) is 6.17 Å². The maximum absolute atomic E-state index is 14.1. The van der Waals surface area contributed by atoms with Gasteiger partial charge in [-0.3, -0.25) is 9.80 Å². The van der Waals surface area contributed by atoms with Crippen LogP contribution >= 0.6 is 11.6 Å². The third-order valence-electron chi connectivity index (χ3n) is 6.40. The van der Waals surface area contributed by atoms with E-state index >= 15 is 0 Å². The fourth-order valence-electron chi connectivity index (χ4n) is 4.77. The number of phenols is 1. The SMILES string of the molecule is NC1=NC=NC2C1C(c1cc(O)cc(F)c1)=NN2Cc1cc2cccc(Cl)c2c(=O)n1C1CC1. The lowest BCUT2D eigenvalue weighted by atomic mass is 9.93. The summed E-state index contributed by atoms with van der Waals surface area (Å²) < 4.78 is 15.9. The molecule has 2 atom stereocenters. The van der Waals surface area contributed by atoms with Gasteiger partial charge < -0.3 is 15.4 Å². The molecule has 1 aromatic heterocycles. The predicted molar refractivity (Wildman–Crippen MR) is 129 cm³/mol. The standard InChI is InChI=1S/C24H20ClFN6O2/c25-18-3-1-2-12-7-16(32(15-4-5-15)24(34)19(12)18)10-31-23-20(22(27)28-11-29-23)21(30-31)13-6-14(26)9-17(33)8-13/h1-3,6-9,11,15,20,23,33H,4-5,10H2,(H2,27,28,29). The third-order valence-corrected chi connectivity index (χ3v) is 6.72. The van der Waals surface area contributed by atoms with Gasteiger partial charge in [-0.15, -0.1) is 0 Å². The van der Waals surface area contributed by atoms with E-state index in [1.165, 1.54) is 18.5 Å².